The van der Waals surface area contributed by atoms with Gasteiger partial charge in [-0.05, 0) is 45.7 Å². The van der Waals surface area contributed by atoms with Crippen LogP contribution in [0.4, 0.5) is 0 Å². The number of hydrogen-bond donors (Lipinski definition) is 2. The summed E-state index contributed by atoms with van der Waals surface area (Å²) in [5.74, 6) is 0.614. The summed E-state index contributed by atoms with van der Waals surface area (Å²) in [7, 11) is -0.929. The summed E-state index contributed by atoms with van der Waals surface area (Å²) in [4.78, 5) is 2.32. The molecule has 5 nitrogen and oxygen atoms in total. The Balaban J connectivity index is 2.01. The molecule has 0 radical (unpaired) electrons. The van der Waals surface area contributed by atoms with Gasteiger partial charge in [-0.15, -0.1) is 0 Å². The molecule has 0 aromatic carbocycles. The average molecular weight is 290 g/mol. The van der Waals surface area contributed by atoms with Gasteiger partial charge in [-0.25, -0.2) is 8.42 Å². The van der Waals surface area contributed by atoms with E-state index in [1.807, 2.05) is 7.05 Å². The third-order valence-electron chi connectivity index (χ3n) is 4.76. The largest absolute Gasteiger partial charge is 0.394 e. The minimum absolute atomic E-state index is 0.159. The van der Waals surface area contributed by atoms with Gasteiger partial charge < -0.3 is 10.4 Å². The van der Waals surface area contributed by atoms with Gasteiger partial charge in [-0.1, -0.05) is 0 Å². The number of nitrogens with one attached hydrogen (secondary N) is 1. The first-order valence-corrected chi connectivity index (χ1v) is 9.07. The quantitative estimate of drug-likeness (QED) is 0.766. The Hall–Kier alpha value is -0.170. The van der Waals surface area contributed by atoms with E-state index in [1.54, 1.807) is 0 Å². The van der Waals surface area contributed by atoms with Gasteiger partial charge in [-0.3, -0.25) is 4.90 Å². The molecule has 1 saturated heterocycles. The maximum Gasteiger partial charge on any atom is 0.151 e. The molecule has 2 aliphatic rings. The number of rotatable bonds is 3. The van der Waals surface area contributed by atoms with Crippen molar-refractivity contribution in [3.05, 3.63) is 0 Å². The molecule has 0 bridgehead atoms. The number of nitrogens with zero attached hydrogens (tertiary/aromatic N) is 1. The van der Waals surface area contributed by atoms with Crippen LogP contribution in [-0.4, -0.2) is 68.3 Å². The molecule has 2 rings (SSSR count). The van der Waals surface area contributed by atoms with Gasteiger partial charge >= 0.3 is 0 Å². The normalized spacial score (nSPS) is 36.8. The molecule has 112 valence electrons. The first-order valence-electron chi connectivity index (χ1n) is 7.24. The van der Waals surface area contributed by atoms with Gasteiger partial charge in [0.1, 0.15) is 0 Å². The van der Waals surface area contributed by atoms with E-state index in [0.717, 1.165) is 38.6 Å². The molecule has 6 heteroatoms. The second kappa shape index (κ2) is 6.08. The van der Waals surface area contributed by atoms with E-state index in [0.29, 0.717) is 18.3 Å². The molecule has 2 N–H and O–H groups in total. The van der Waals surface area contributed by atoms with E-state index in [1.165, 1.54) is 0 Å². The minimum atomic E-state index is -2.84. The molecule has 2 atom stereocenters. The Morgan fingerprint density at radius 1 is 1.32 bits per heavy atom. The minimum Gasteiger partial charge on any atom is -0.394 e. The lowest BCUT2D eigenvalue weighted by Crippen LogP contribution is -2.55. The van der Waals surface area contributed by atoms with Crippen LogP contribution in [0.2, 0.25) is 0 Å². The number of sulfone groups is 1. The van der Waals surface area contributed by atoms with Crippen LogP contribution in [0.1, 0.15) is 32.1 Å². The predicted octanol–water partition coefficient (Wildman–Crippen LogP) is -0.000000000000000222. The lowest BCUT2D eigenvalue weighted by molar-refractivity contribution is 0.0671. The van der Waals surface area contributed by atoms with Crippen LogP contribution in [0.25, 0.3) is 0 Å². The smallest absolute Gasteiger partial charge is 0.151 e. The van der Waals surface area contributed by atoms with Gasteiger partial charge in [0.2, 0.25) is 0 Å². The van der Waals surface area contributed by atoms with Crippen LogP contribution in [0.3, 0.4) is 0 Å². The van der Waals surface area contributed by atoms with Crippen molar-refractivity contribution < 1.29 is 13.5 Å². The van der Waals surface area contributed by atoms with Crippen molar-refractivity contribution in [1.29, 1.82) is 0 Å². The molecule has 0 aromatic rings. The Morgan fingerprint density at radius 3 is 2.79 bits per heavy atom. The highest BCUT2D eigenvalue weighted by Crippen LogP contribution is 2.31. The van der Waals surface area contributed by atoms with Crippen LogP contribution < -0.4 is 5.32 Å². The third-order valence-corrected chi connectivity index (χ3v) is 6.47. The molecule has 1 aliphatic carbocycles. The zero-order valence-electron chi connectivity index (χ0n) is 11.8. The second-order valence-corrected chi connectivity index (χ2v) is 8.28. The van der Waals surface area contributed by atoms with Crippen LogP contribution in [0.15, 0.2) is 0 Å². The van der Waals surface area contributed by atoms with Crippen molar-refractivity contribution in [3.8, 4) is 0 Å². The fourth-order valence-corrected chi connectivity index (χ4v) is 4.70. The first kappa shape index (κ1) is 15.2. The Morgan fingerprint density at radius 2 is 2.11 bits per heavy atom. The standard InChI is InChI=1S/C13H26N2O3S/c1-14-13(11-16)5-2-4-12(10-13)15-6-3-8-19(17,18)9-7-15/h12,14,16H,2-11H2,1H3. The van der Waals surface area contributed by atoms with Crippen molar-refractivity contribution in [3.63, 3.8) is 0 Å². The lowest BCUT2D eigenvalue weighted by Gasteiger charge is -2.43. The van der Waals surface area contributed by atoms with Crippen LogP contribution in [-0.2, 0) is 9.84 Å². The summed E-state index contributed by atoms with van der Waals surface area (Å²) in [5.41, 5.74) is -0.173. The number of hydrogen-bond acceptors (Lipinski definition) is 5. The van der Waals surface area contributed by atoms with Crippen molar-refractivity contribution in [2.75, 3.05) is 38.2 Å². The van der Waals surface area contributed by atoms with E-state index in [4.69, 9.17) is 0 Å². The average Bonchev–Trinajstić information content (AvgIpc) is 2.60. The molecule has 1 heterocycles. The molecule has 1 saturated carbocycles. The SMILES string of the molecule is CNC1(CO)CCCC(N2CCCS(=O)(=O)CC2)C1. The van der Waals surface area contributed by atoms with Crippen LogP contribution >= 0.6 is 0 Å². The summed E-state index contributed by atoms with van der Waals surface area (Å²) in [6.07, 6.45) is 4.87. The van der Waals surface area contributed by atoms with E-state index in [9.17, 15) is 13.5 Å². The molecule has 19 heavy (non-hydrogen) atoms. The molecule has 2 unspecified atom stereocenters. The van der Waals surface area contributed by atoms with E-state index < -0.39 is 9.84 Å². The summed E-state index contributed by atoms with van der Waals surface area (Å²) in [6, 6.07) is 0.404. The molecule has 0 aromatic heterocycles. The Kier molecular flexibility index (Phi) is 4.87. The topological polar surface area (TPSA) is 69.6 Å². The molecule has 0 amide bonds. The van der Waals surface area contributed by atoms with Crippen LogP contribution in [0.5, 0.6) is 0 Å². The fourth-order valence-electron chi connectivity index (χ4n) is 3.42. The Bertz CT molecular complexity index is 393. The number of aliphatic hydroxyl groups is 1. The highest BCUT2D eigenvalue weighted by molar-refractivity contribution is 7.91. The summed E-state index contributed by atoms with van der Waals surface area (Å²) < 4.78 is 23.3. The van der Waals surface area contributed by atoms with E-state index in [-0.39, 0.29) is 17.9 Å². The maximum absolute atomic E-state index is 11.7. The van der Waals surface area contributed by atoms with Crippen molar-refractivity contribution in [1.82, 2.24) is 10.2 Å². The van der Waals surface area contributed by atoms with Crippen molar-refractivity contribution >= 4 is 9.84 Å². The predicted molar refractivity (Wildman–Crippen MR) is 76.0 cm³/mol. The van der Waals surface area contributed by atoms with Gasteiger partial charge in [0.25, 0.3) is 0 Å². The van der Waals surface area contributed by atoms with Crippen LogP contribution in [0, 0.1) is 0 Å². The Labute approximate surface area is 116 Å². The van der Waals surface area contributed by atoms with Crippen molar-refractivity contribution in [2.24, 2.45) is 0 Å². The van der Waals surface area contributed by atoms with Gasteiger partial charge in [0, 0.05) is 18.1 Å². The van der Waals surface area contributed by atoms with Crippen molar-refractivity contribution in [2.45, 2.75) is 43.7 Å². The fraction of sp³-hybridized carbons (Fsp3) is 1.00. The lowest BCUT2D eigenvalue weighted by atomic mass is 9.79. The summed E-state index contributed by atoms with van der Waals surface area (Å²) in [5, 5.41) is 12.9. The van der Waals surface area contributed by atoms with Gasteiger partial charge in [0.05, 0.1) is 18.1 Å². The zero-order chi connectivity index (χ0) is 13.9. The third kappa shape index (κ3) is 3.68. The molecule has 1 aliphatic heterocycles. The number of likely N-dealkylation sites (N-methyl/N-ethyl adjacent to an activating group) is 1. The van der Waals surface area contributed by atoms with E-state index >= 15 is 0 Å². The summed E-state index contributed by atoms with van der Waals surface area (Å²) in [6.45, 7) is 1.68. The highest BCUT2D eigenvalue weighted by atomic mass is 32.2. The highest BCUT2D eigenvalue weighted by Gasteiger charge is 2.37. The maximum atomic E-state index is 11.7. The molecule has 2 fully saturated rings. The van der Waals surface area contributed by atoms with Gasteiger partial charge in [0.15, 0.2) is 9.84 Å². The van der Waals surface area contributed by atoms with Gasteiger partial charge in [-0.2, -0.15) is 0 Å². The molecule has 0 spiro atoms. The zero-order valence-corrected chi connectivity index (χ0v) is 12.6. The molecular formula is C13H26N2O3S. The summed E-state index contributed by atoms with van der Waals surface area (Å²) >= 11 is 0. The van der Waals surface area contributed by atoms with E-state index in [2.05, 4.69) is 10.2 Å². The monoisotopic (exact) mass is 290 g/mol. The first-order chi connectivity index (χ1) is 9.00. The molecular weight excluding hydrogens is 264 g/mol. The number of aliphatic hydroxyl groups excluding tert-OH is 1. The second-order valence-electron chi connectivity index (χ2n) is 5.98.